The largest absolute Gasteiger partial charge is 0.301 e. The number of rotatable bonds is 3. The molecule has 1 aromatic heterocycles. The summed E-state index contributed by atoms with van der Waals surface area (Å²) in [6.07, 6.45) is 1.00. The lowest BCUT2D eigenvalue weighted by Gasteiger charge is -2.17. The number of carbonyl (C=O) groups excluding carboxylic acids is 1. The Balaban J connectivity index is 2.82. The molecule has 0 saturated carbocycles. The molecule has 0 bridgehead atoms. The van der Waals surface area contributed by atoms with E-state index in [1.54, 1.807) is 0 Å². The first-order valence-electron chi connectivity index (χ1n) is 4.57. The van der Waals surface area contributed by atoms with E-state index in [0.29, 0.717) is 5.13 Å². The Hall–Kier alpha value is -0.970. The Morgan fingerprint density at radius 2 is 2.14 bits per heavy atom. The molecule has 5 heteroatoms. The van der Waals surface area contributed by atoms with Crippen LogP contribution in [0.4, 0.5) is 5.13 Å². The van der Waals surface area contributed by atoms with Crippen molar-refractivity contribution >= 4 is 22.4 Å². The second-order valence-electron chi connectivity index (χ2n) is 3.83. The molecule has 0 saturated heterocycles. The number of hydrogen-bond acceptors (Lipinski definition) is 4. The van der Waals surface area contributed by atoms with Crippen LogP contribution in [0, 0.1) is 0 Å². The second-order valence-corrected chi connectivity index (χ2v) is 4.81. The summed E-state index contributed by atoms with van der Waals surface area (Å²) in [5, 5.41) is 12.1. The third kappa shape index (κ3) is 2.51. The van der Waals surface area contributed by atoms with Crippen LogP contribution in [0.5, 0.6) is 0 Å². The molecular formula is C9H15N3OS. The van der Waals surface area contributed by atoms with Crippen molar-refractivity contribution in [3.05, 3.63) is 5.01 Å². The normalized spacial score (nSPS) is 11.4. The Bertz CT molecular complexity index is 333. The van der Waals surface area contributed by atoms with Gasteiger partial charge in [0.05, 0.1) is 0 Å². The maximum absolute atomic E-state index is 10.8. The molecule has 0 fully saturated rings. The smallest absolute Gasteiger partial charge is 0.223 e. The van der Waals surface area contributed by atoms with Crippen LogP contribution in [-0.4, -0.2) is 16.1 Å². The van der Waals surface area contributed by atoms with Crippen molar-refractivity contribution in [2.75, 3.05) is 5.32 Å². The molecule has 0 aromatic carbocycles. The first-order chi connectivity index (χ1) is 6.45. The fourth-order valence-corrected chi connectivity index (χ4v) is 1.81. The molecule has 0 radical (unpaired) electrons. The highest BCUT2D eigenvalue weighted by molar-refractivity contribution is 7.15. The maximum Gasteiger partial charge on any atom is 0.223 e. The molecule has 0 aliphatic carbocycles. The molecule has 0 aliphatic heterocycles. The van der Waals surface area contributed by atoms with Crippen molar-refractivity contribution in [2.45, 2.75) is 39.5 Å². The van der Waals surface area contributed by atoms with Gasteiger partial charge < -0.3 is 5.32 Å². The molecule has 1 amide bonds. The molecule has 78 valence electrons. The summed E-state index contributed by atoms with van der Waals surface area (Å²) in [6.45, 7) is 7.81. The number of nitrogens with one attached hydrogen (secondary N) is 1. The van der Waals surface area contributed by atoms with E-state index in [1.807, 2.05) is 0 Å². The molecule has 1 rings (SSSR count). The van der Waals surface area contributed by atoms with Crippen molar-refractivity contribution in [1.82, 2.24) is 10.2 Å². The zero-order valence-corrected chi connectivity index (χ0v) is 9.73. The fraction of sp³-hybridized carbons (Fsp3) is 0.667. The summed E-state index contributed by atoms with van der Waals surface area (Å²) < 4.78 is 0. The average molecular weight is 213 g/mol. The highest BCUT2D eigenvalue weighted by atomic mass is 32.1. The first-order valence-corrected chi connectivity index (χ1v) is 5.39. The average Bonchev–Trinajstić information content (AvgIpc) is 2.52. The van der Waals surface area contributed by atoms with E-state index in [-0.39, 0.29) is 11.3 Å². The van der Waals surface area contributed by atoms with Crippen LogP contribution < -0.4 is 5.32 Å². The van der Waals surface area contributed by atoms with E-state index in [9.17, 15) is 4.79 Å². The van der Waals surface area contributed by atoms with Gasteiger partial charge in [0, 0.05) is 12.3 Å². The lowest BCUT2D eigenvalue weighted by molar-refractivity contribution is -0.114. The zero-order chi connectivity index (χ0) is 10.8. The van der Waals surface area contributed by atoms with Crippen LogP contribution in [0.2, 0.25) is 0 Å². The predicted molar refractivity (Wildman–Crippen MR) is 57.5 cm³/mol. The molecule has 14 heavy (non-hydrogen) atoms. The lowest BCUT2D eigenvalue weighted by Crippen LogP contribution is -2.14. The minimum absolute atomic E-state index is 0.0361. The Kier molecular flexibility index (Phi) is 3.21. The number of aromatic nitrogens is 2. The van der Waals surface area contributed by atoms with Crippen molar-refractivity contribution in [2.24, 2.45) is 0 Å². The zero-order valence-electron chi connectivity index (χ0n) is 8.92. The standard InChI is InChI=1S/C9H15N3OS/c1-5-9(3,4)7-11-12-8(14-7)10-6(2)13/h5H2,1-4H3,(H,10,12,13). The lowest BCUT2D eigenvalue weighted by atomic mass is 9.91. The predicted octanol–water partition coefficient (Wildman–Crippen LogP) is 2.18. The van der Waals surface area contributed by atoms with E-state index in [0.717, 1.165) is 11.4 Å². The number of hydrogen-bond donors (Lipinski definition) is 1. The molecule has 0 atom stereocenters. The topological polar surface area (TPSA) is 54.9 Å². The summed E-state index contributed by atoms with van der Waals surface area (Å²) in [7, 11) is 0. The Morgan fingerprint density at radius 3 is 2.64 bits per heavy atom. The van der Waals surface area contributed by atoms with Crippen LogP contribution in [0.3, 0.4) is 0 Å². The van der Waals surface area contributed by atoms with Crippen LogP contribution in [0.15, 0.2) is 0 Å². The van der Waals surface area contributed by atoms with Gasteiger partial charge in [-0.05, 0) is 6.42 Å². The number of carbonyl (C=O) groups is 1. The van der Waals surface area contributed by atoms with Crippen LogP contribution in [-0.2, 0) is 10.2 Å². The van der Waals surface area contributed by atoms with E-state index in [4.69, 9.17) is 0 Å². The van der Waals surface area contributed by atoms with Crippen molar-refractivity contribution in [3.63, 3.8) is 0 Å². The second kappa shape index (κ2) is 4.04. The van der Waals surface area contributed by atoms with Gasteiger partial charge in [-0.15, -0.1) is 10.2 Å². The SMILES string of the molecule is CCC(C)(C)c1nnc(NC(C)=O)s1. The molecular weight excluding hydrogens is 198 g/mol. The van der Waals surface area contributed by atoms with Crippen LogP contribution in [0.1, 0.15) is 39.1 Å². The summed E-state index contributed by atoms with van der Waals surface area (Å²) >= 11 is 1.44. The van der Waals surface area contributed by atoms with Crippen molar-refractivity contribution in [1.29, 1.82) is 0 Å². The minimum atomic E-state index is -0.109. The van der Waals surface area contributed by atoms with Gasteiger partial charge in [-0.3, -0.25) is 4.79 Å². The third-order valence-corrected chi connectivity index (χ3v) is 3.38. The van der Waals surface area contributed by atoms with E-state index >= 15 is 0 Å². The quantitative estimate of drug-likeness (QED) is 0.837. The van der Waals surface area contributed by atoms with Gasteiger partial charge in [-0.2, -0.15) is 0 Å². The summed E-state index contributed by atoms with van der Waals surface area (Å²) in [6, 6.07) is 0. The van der Waals surface area contributed by atoms with E-state index < -0.39 is 0 Å². The van der Waals surface area contributed by atoms with Gasteiger partial charge in [-0.25, -0.2) is 0 Å². The monoisotopic (exact) mass is 213 g/mol. The molecule has 0 unspecified atom stereocenters. The van der Waals surface area contributed by atoms with Gasteiger partial charge in [0.25, 0.3) is 0 Å². The van der Waals surface area contributed by atoms with E-state index in [2.05, 4.69) is 36.3 Å². The molecule has 0 aliphatic rings. The molecule has 1 aromatic rings. The maximum atomic E-state index is 10.8. The van der Waals surface area contributed by atoms with Crippen molar-refractivity contribution in [3.8, 4) is 0 Å². The van der Waals surface area contributed by atoms with Gasteiger partial charge in [0.15, 0.2) is 0 Å². The van der Waals surface area contributed by atoms with Gasteiger partial charge in [-0.1, -0.05) is 32.1 Å². The summed E-state index contributed by atoms with van der Waals surface area (Å²) in [4.78, 5) is 10.8. The Labute approximate surface area is 87.7 Å². The number of amides is 1. The minimum Gasteiger partial charge on any atom is -0.301 e. The molecule has 4 nitrogen and oxygen atoms in total. The highest BCUT2D eigenvalue weighted by Gasteiger charge is 2.23. The first kappa shape index (κ1) is 11.1. The Morgan fingerprint density at radius 1 is 1.50 bits per heavy atom. The van der Waals surface area contributed by atoms with Gasteiger partial charge in [0.2, 0.25) is 11.0 Å². The molecule has 0 spiro atoms. The van der Waals surface area contributed by atoms with E-state index in [1.165, 1.54) is 18.3 Å². The van der Waals surface area contributed by atoms with Gasteiger partial charge in [0.1, 0.15) is 5.01 Å². The molecule has 1 N–H and O–H groups in total. The summed E-state index contributed by atoms with van der Waals surface area (Å²) in [5.74, 6) is -0.109. The van der Waals surface area contributed by atoms with Crippen LogP contribution in [0.25, 0.3) is 0 Å². The van der Waals surface area contributed by atoms with Crippen molar-refractivity contribution < 1.29 is 4.79 Å². The van der Waals surface area contributed by atoms with Crippen LogP contribution >= 0.6 is 11.3 Å². The number of nitrogens with zero attached hydrogens (tertiary/aromatic N) is 2. The summed E-state index contributed by atoms with van der Waals surface area (Å²) in [5.41, 5.74) is 0.0361. The number of anilines is 1. The molecule has 1 heterocycles. The highest BCUT2D eigenvalue weighted by Crippen LogP contribution is 2.30. The fourth-order valence-electron chi connectivity index (χ4n) is 0.849. The third-order valence-electron chi connectivity index (χ3n) is 2.17. The van der Waals surface area contributed by atoms with Gasteiger partial charge >= 0.3 is 0 Å².